The molecule has 0 amide bonds. The SMILES string of the molecule is Cc1nc(-c2ccc(S(=O)(=O)NC[C@H](c3csc4ccccc34)N(C)C)cc2)co1. The quantitative estimate of drug-likeness (QED) is 0.459. The summed E-state index contributed by atoms with van der Waals surface area (Å²) in [5.74, 6) is 0.569. The van der Waals surface area contributed by atoms with E-state index >= 15 is 0 Å². The van der Waals surface area contributed by atoms with Crippen LogP contribution >= 0.6 is 11.3 Å². The van der Waals surface area contributed by atoms with Crippen LogP contribution in [0.3, 0.4) is 0 Å². The number of aromatic nitrogens is 1. The molecule has 4 aromatic rings. The molecule has 0 aliphatic heterocycles. The van der Waals surface area contributed by atoms with Gasteiger partial charge < -0.3 is 9.32 Å². The number of rotatable bonds is 7. The molecule has 0 saturated carbocycles. The van der Waals surface area contributed by atoms with Gasteiger partial charge in [-0.2, -0.15) is 0 Å². The van der Waals surface area contributed by atoms with Crippen LogP contribution in [0.1, 0.15) is 17.5 Å². The van der Waals surface area contributed by atoms with Crippen molar-refractivity contribution in [3.8, 4) is 11.3 Å². The molecule has 2 aromatic carbocycles. The normalized spacial score (nSPS) is 13.2. The predicted octanol–water partition coefficient (Wildman–Crippen LogP) is 4.45. The summed E-state index contributed by atoms with van der Waals surface area (Å²) in [5, 5.41) is 3.27. The first-order valence-electron chi connectivity index (χ1n) is 9.50. The summed E-state index contributed by atoms with van der Waals surface area (Å²) < 4.78 is 35.0. The van der Waals surface area contributed by atoms with Crippen LogP contribution in [0.2, 0.25) is 0 Å². The minimum atomic E-state index is -3.64. The van der Waals surface area contributed by atoms with Crippen molar-refractivity contribution in [3.05, 3.63) is 71.6 Å². The van der Waals surface area contributed by atoms with Crippen LogP contribution in [0.4, 0.5) is 0 Å². The Kier molecular flexibility index (Phi) is 5.75. The van der Waals surface area contributed by atoms with Gasteiger partial charge in [0, 0.05) is 29.8 Å². The van der Waals surface area contributed by atoms with Crippen molar-refractivity contribution in [1.29, 1.82) is 0 Å². The second-order valence-electron chi connectivity index (χ2n) is 7.29. The Hall–Kier alpha value is -2.52. The van der Waals surface area contributed by atoms with Gasteiger partial charge in [0.15, 0.2) is 5.89 Å². The molecule has 6 nitrogen and oxygen atoms in total. The van der Waals surface area contributed by atoms with Crippen molar-refractivity contribution in [2.45, 2.75) is 17.9 Å². The fourth-order valence-electron chi connectivity index (χ4n) is 3.40. The van der Waals surface area contributed by atoms with E-state index in [0.717, 1.165) is 16.5 Å². The third-order valence-corrected chi connectivity index (χ3v) is 7.46. The number of aryl methyl sites for hydroxylation is 1. The lowest BCUT2D eigenvalue weighted by Gasteiger charge is -2.24. The molecule has 0 unspecified atom stereocenters. The Morgan fingerprint density at radius 3 is 2.53 bits per heavy atom. The molecular weight excluding hydrogens is 418 g/mol. The number of hydrogen-bond donors (Lipinski definition) is 1. The highest BCUT2D eigenvalue weighted by Crippen LogP contribution is 2.32. The average molecular weight is 442 g/mol. The minimum Gasteiger partial charge on any atom is -0.449 e. The first-order valence-corrected chi connectivity index (χ1v) is 11.9. The first-order chi connectivity index (χ1) is 14.3. The molecule has 30 heavy (non-hydrogen) atoms. The summed E-state index contributed by atoms with van der Waals surface area (Å²) >= 11 is 1.67. The van der Waals surface area contributed by atoms with Crippen molar-refractivity contribution >= 4 is 31.4 Å². The second kappa shape index (κ2) is 8.31. The third kappa shape index (κ3) is 4.17. The van der Waals surface area contributed by atoms with Gasteiger partial charge in [0.2, 0.25) is 10.0 Å². The summed E-state index contributed by atoms with van der Waals surface area (Å²) in [6, 6.07) is 14.8. The van der Waals surface area contributed by atoms with Gasteiger partial charge in [-0.25, -0.2) is 18.1 Å². The second-order valence-corrected chi connectivity index (χ2v) is 9.97. The van der Waals surface area contributed by atoms with Crippen LogP contribution in [0.5, 0.6) is 0 Å². The number of likely N-dealkylation sites (N-methyl/N-ethyl adjacent to an activating group) is 1. The third-order valence-electron chi connectivity index (χ3n) is 5.04. The maximum Gasteiger partial charge on any atom is 0.240 e. The lowest BCUT2D eigenvalue weighted by molar-refractivity contribution is 0.301. The van der Waals surface area contributed by atoms with E-state index in [-0.39, 0.29) is 17.5 Å². The summed E-state index contributed by atoms with van der Waals surface area (Å²) in [5.41, 5.74) is 2.61. The lowest BCUT2D eigenvalue weighted by atomic mass is 10.1. The van der Waals surface area contributed by atoms with Crippen LogP contribution in [0.25, 0.3) is 21.3 Å². The van der Waals surface area contributed by atoms with Crippen molar-refractivity contribution in [2.24, 2.45) is 0 Å². The zero-order valence-corrected chi connectivity index (χ0v) is 18.6. The number of nitrogens with one attached hydrogen (secondary N) is 1. The molecule has 0 bridgehead atoms. The van der Waals surface area contributed by atoms with E-state index in [2.05, 4.69) is 27.2 Å². The van der Waals surface area contributed by atoms with E-state index < -0.39 is 10.0 Å². The maximum atomic E-state index is 12.9. The van der Waals surface area contributed by atoms with Crippen molar-refractivity contribution in [3.63, 3.8) is 0 Å². The number of fused-ring (bicyclic) bond motifs is 1. The topological polar surface area (TPSA) is 75.4 Å². The molecule has 2 heterocycles. The molecule has 0 aliphatic rings. The van der Waals surface area contributed by atoms with Gasteiger partial charge in [-0.05, 0) is 48.6 Å². The van der Waals surface area contributed by atoms with E-state index in [4.69, 9.17) is 4.42 Å². The highest BCUT2D eigenvalue weighted by molar-refractivity contribution is 7.89. The van der Waals surface area contributed by atoms with Crippen molar-refractivity contribution in [2.75, 3.05) is 20.6 Å². The molecule has 0 radical (unpaired) electrons. The Labute approximate surface area is 180 Å². The lowest BCUT2D eigenvalue weighted by Crippen LogP contribution is -2.34. The van der Waals surface area contributed by atoms with E-state index in [1.165, 1.54) is 4.70 Å². The number of oxazole rings is 1. The van der Waals surface area contributed by atoms with Gasteiger partial charge in [-0.1, -0.05) is 30.3 Å². The van der Waals surface area contributed by atoms with Gasteiger partial charge in [0.05, 0.1) is 4.90 Å². The summed E-state index contributed by atoms with van der Waals surface area (Å²) in [4.78, 5) is 6.52. The smallest absolute Gasteiger partial charge is 0.240 e. The molecule has 1 atom stereocenters. The molecule has 0 spiro atoms. The Morgan fingerprint density at radius 2 is 1.87 bits per heavy atom. The number of benzene rings is 2. The van der Waals surface area contributed by atoms with Gasteiger partial charge in [-0.3, -0.25) is 0 Å². The molecular formula is C22H23N3O3S2. The van der Waals surface area contributed by atoms with Crippen LogP contribution < -0.4 is 4.72 Å². The van der Waals surface area contributed by atoms with Crippen LogP contribution in [-0.4, -0.2) is 38.9 Å². The number of sulfonamides is 1. The number of hydrogen-bond acceptors (Lipinski definition) is 6. The fourth-order valence-corrected chi connectivity index (χ4v) is 5.45. The monoisotopic (exact) mass is 441 g/mol. The highest BCUT2D eigenvalue weighted by Gasteiger charge is 2.22. The zero-order valence-electron chi connectivity index (χ0n) is 17.0. The molecule has 156 valence electrons. The number of thiophene rings is 1. The largest absolute Gasteiger partial charge is 0.449 e. The van der Waals surface area contributed by atoms with E-state index in [9.17, 15) is 8.42 Å². The highest BCUT2D eigenvalue weighted by atomic mass is 32.2. The molecule has 0 saturated heterocycles. The molecule has 0 aliphatic carbocycles. The van der Waals surface area contributed by atoms with Gasteiger partial charge in [0.25, 0.3) is 0 Å². The molecule has 1 N–H and O–H groups in total. The first kappa shape index (κ1) is 20.7. The standard InChI is InChI=1S/C22H23N3O3S2/c1-15-24-20(13-28-15)16-8-10-17(11-9-16)30(26,27)23-12-21(25(2)3)19-14-29-22-7-5-4-6-18(19)22/h4-11,13-14,21,23H,12H2,1-3H3/t21-/m1/s1. The van der Waals surface area contributed by atoms with Crippen LogP contribution in [-0.2, 0) is 10.0 Å². The number of nitrogens with zero attached hydrogens (tertiary/aromatic N) is 2. The van der Waals surface area contributed by atoms with E-state index in [1.807, 2.05) is 31.1 Å². The van der Waals surface area contributed by atoms with E-state index in [0.29, 0.717) is 11.6 Å². The molecule has 0 fully saturated rings. The predicted molar refractivity (Wildman–Crippen MR) is 120 cm³/mol. The maximum absolute atomic E-state index is 12.9. The van der Waals surface area contributed by atoms with Gasteiger partial charge in [-0.15, -0.1) is 11.3 Å². The Morgan fingerprint density at radius 1 is 1.13 bits per heavy atom. The summed E-state index contributed by atoms with van der Waals surface area (Å²) in [7, 11) is 0.273. The molecule has 8 heteroatoms. The summed E-state index contributed by atoms with van der Waals surface area (Å²) in [6.45, 7) is 2.05. The van der Waals surface area contributed by atoms with E-state index in [1.54, 1.807) is 48.8 Å². The van der Waals surface area contributed by atoms with Crippen LogP contribution in [0.15, 0.2) is 69.5 Å². The minimum absolute atomic E-state index is 0.0756. The fraction of sp³-hybridized carbons (Fsp3) is 0.227. The van der Waals surface area contributed by atoms with Crippen molar-refractivity contribution in [1.82, 2.24) is 14.6 Å². The van der Waals surface area contributed by atoms with Gasteiger partial charge >= 0.3 is 0 Å². The van der Waals surface area contributed by atoms with Crippen LogP contribution in [0, 0.1) is 6.92 Å². The van der Waals surface area contributed by atoms with Crippen molar-refractivity contribution < 1.29 is 12.8 Å². The zero-order chi connectivity index (χ0) is 21.3. The molecule has 2 aromatic heterocycles. The summed E-state index contributed by atoms with van der Waals surface area (Å²) in [6.07, 6.45) is 1.56. The average Bonchev–Trinajstić information content (AvgIpc) is 3.35. The molecule has 4 rings (SSSR count). The Bertz CT molecular complexity index is 1260. The Balaban J connectivity index is 1.53. The van der Waals surface area contributed by atoms with Gasteiger partial charge in [0.1, 0.15) is 12.0 Å².